The minimum Gasteiger partial charge on any atom is -0.350 e. The molecule has 0 saturated heterocycles. The van der Waals surface area contributed by atoms with Gasteiger partial charge in [-0.1, -0.05) is 0 Å². The summed E-state index contributed by atoms with van der Waals surface area (Å²) < 4.78 is 2.13. The molecular formula is C13H22N4O. The van der Waals surface area contributed by atoms with Gasteiger partial charge in [0.2, 0.25) is 5.91 Å². The van der Waals surface area contributed by atoms with Gasteiger partial charge in [0.1, 0.15) is 5.82 Å². The molecule has 1 amide bonds. The summed E-state index contributed by atoms with van der Waals surface area (Å²) in [5.41, 5.74) is 0. The second kappa shape index (κ2) is 5.52. The van der Waals surface area contributed by atoms with Gasteiger partial charge >= 0.3 is 0 Å². The van der Waals surface area contributed by atoms with Crippen molar-refractivity contribution in [3.8, 4) is 0 Å². The lowest BCUT2D eigenvalue weighted by atomic mass is 10.1. The molecule has 1 atom stereocenters. The third kappa shape index (κ3) is 3.10. The molecule has 0 radical (unpaired) electrons. The molecule has 1 unspecified atom stereocenters. The maximum atomic E-state index is 11.9. The summed E-state index contributed by atoms with van der Waals surface area (Å²) in [5.74, 6) is 1.24. The van der Waals surface area contributed by atoms with Crippen molar-refractivity contribution in [2.45, 2.75) is 45.3 Å². The third-order valence-electron chi connectivity index (χ3n) is 3.57. The molecule has 0 aliphatic carbocycles. The van der Waals surface area contributed by atoms with E-state index in [1.165, 1.54) is 0 Å². The van der Waals surface area contributed by atoms with Gasteiger partial charge in [-0.05, 0) is 27.3 Å². The van der Waals surface area contributed by atoms with Gasteiger partial charge in [0.05, 0.1) is 6.54 Å². The Morgan fingerprint density at radius 1 is 1.67 bits per heavy atom. The lowest BCUT2D eigenvalue weighted by molar-refractivity contribution is -0.123. The number of carbonyl (C=O) groups is 1. The van der Waals surface area contributed by atoms with E-state index in [1.54, 1.807) is 0 Å². The number of fused-ring (bicyclic) bond motifs is 1. The molecule has 1 aromatic heterocycles. The van der Waals surface area contributed by atoms with Gasteiger partial charge in [-0.15, -0.1) is 0 Å². The van der Waals surface area contributed by atoms with Crippen LogP contribution in [0.5, 0.6) is 0 Å². The predicted octanol–water partition coefficient (Wildman–Crippen LogP) is 0.654. The van der Waals surface area contributed by atoms with E-state index in [-0.39, 0.29) is 11.9 Å². The molecule has 1 aromatic rings. The Balaban J connectivity index is 1.83. The minimum absolute atomic E-state index is 0.111. The van der Waals surface area contributed by atoms with Crippen molar-refractivity contribution in [3.63, 3.8) is 0 Å². The Hall–Kier alpha value is -1.36. The molecular weight excluding hydrogens is 228 g/mol. The monoisotopic (exact) mass is 250 g/mol. The largest absolute Gasteiger partial charge is 0.350 e. The van der Waals surface area contributed by atoms with Gasteiger partial charge < -0.3 is 9.88 Å². The third-order valence-corrected chi connectivity index (χ3v) is 3.57. The first-order valence-electron chi connectivity index (χ1n) is 6.56. The zero-order chi connectivity index (χ0) is 13.1. The molecule has 2 heterocycles. The smallest absolute Gasteiger partial charge is 0.234 e. The van der Waals surface area contributed by atoms with Crippen molar-refractivity contribution in [3.05, 3.63) is 18.2 Å². The van der Waals surface area contributed by atoms with Crippen LogP contribution in [0.15, 0.2) is 12.4 Å². The van der Waals surface area contributed by atoms with Crippen molar-refractivity contribution in [2.75, 3.05) is 13.6 Å². The molecule has 0 saturated carbocycles. The SMILES string of the molecule is CC(C)N(C)CC(=O)NC1CCc2nccn2C1. The van der Waals surface area contributed by atoms with E-state index in [4.69, 9.17) is 0 Å². The first kappa shape index (κ1) is 13.1. The molecule has 1 aliphatic heterocycles. The van der Waals surface area contributed by atoms with Crippen LogP contribution < -0.4 is 5.32 Å². The molecule has 1 aliphatic rings. The highest BCUT2D eigenvalue weighted by atomic mass is 16.2. The van der Waals surface area contributed by atoms with Crippen LogP contribution in [0.2, 0.25) is 0 Å². The van der Waals surface area contributed by atoms with Crippen LogP contribution in [-0.4, -0.2) is 46.0 Å². The maximum Gasteiger partial charge on any atom is 0.234 e. The van der Waals surface area contributed by atoms with E-state index in [2.05, 4.69) is 28.7 Å². The molecule has 0 spiro atoms. The zero-order valence-electron chi connectivity index (χ0n) is 11.4. The van der Waals surface area contributed by atoms with Gasteiger partial charge in [0.25, 0.3) is 0 Å². The van der Waals surface area contributed by atoms with E-state index in [9.17, 15) is 4.79 Å². The summed E-state index contributed by atoms with van der Waals surface area (Å²) in [6.45, 7) is 5.48. The van der Waals surface area contributed by atoms with Crippen LogP contribution in [0, 0.1) is 0 Å². The molecule has 18 heavy (non-hydrogen) atoms. The number of amides is 1. The number of hydrogen-bond donors (Lipinski definition) is 1. The molecule has 0 bridgehead atoms. The topological polar surface area (TPSA) is 50.2 Å². The lowest BCUT2D eigenvalue weighted by Gasteiger charge is -2.26. The number of carbonyl (C=O) groups excluding carboxylic acids is 1. The van der Waals surface area contributed by atoms with E-state index in [0.29, 0.717) is 12.6 Å². The Bertz CT molecular complexity index is 413. The van der Waals surface area contributed by atoms with Crippen molar-refractivity contribution in [1.29, 1.82) is 0 Å². The standard InChI is InChI=1S/C13H22N4O/c1-10(2)16(3)9-13(18)15-11-4-5-12-14-6-7-17(12)8-11/h6-7,10-11H,4-5,8-9H2,1-3H3,(H,15,18). The summed E-state index contributed by atoms with van der Waals surface area (Å²) >= 11 is 0. The average molecular weight is 250 g/mol. The maximum absolute atomic E-state index is 11.9. The van der Waals surface area contributed by atoms with Crippen molar-refractivity contribution in [1.82, 2.24) is 19.8 Å². The number of nitrogens with zero attached hydrogens (tertiary/aromatic N) is 3. The van der Waals surface area contributed by atoms with Crippen molar-refractivity contribution >= 4 is 5.91 Å². The van der Waals surface area contributed by atoms with Crippen LogP contribution in [0.1, 0.15) is 26.1 Å². The quantitative estimate of drug-likeness (QED) is 0.854. The fraction of sp³-hybridized carbons (Fsp3) is 0.692. The van der Waals surface area contributed by atoms with Crippen LogP contribution in [-0.2, 0) is 17.8 Å². The second-order valence-electron chi connectivity index (χ2n) is 5.31. The van der Waals surface area contributed by atoms with E-state index >= 15 is 0 Å². The number of imidazole rings is 1. The molecule has 5 heteroatoms. The van der Waals surface area contributed by atoms with Gasteiger partial charge in [0, 0.05) is 37.4 Å². The summed E-state index contributed by atoms with van der Waals surface area (Å²) in [6, 6.07) is 0.627. The number of hydrogen-bond acceptors (Lipinski definition) is 3. The van der Waals surface area contributed by atoms with Gasteiger partial charge in [-0.25, -0.2) is 4.98 Å². The predicted molar refractivity (Wildman–Crippen MR) is 70.2 cm³/mol. The molecule has 0 fully saturated rings. The second-order valence-corrected chi connectivity index (χ2v) is 5.31. The Kier molecular flexibility index (Phi) is 4.01. The highest BCUT2D eigenvalue weighted by molar-refractivity contribution is 5.78. The molecule has 0 aromatic carbocycles. The van der Waals surface area contributed by atoms with Gasteiger partial charge in [-0.3, -0.25) is 9.69 Å². The summed E-state index contributed by atoms with van der Waals surface area (Å²) in [4.78, 5) is 18.2. The van der Waals surface area contributed by atoms with Crippen LogP contribution in [0.25, 0.3) is 0 Å². The Morgan fingerprint density at radius 2 is 2.44 bits per heavy atom. The number of aryl methyl sites for hydroxylation is 1. The van der Waals surface area contributed by atoms with Gasteiger partial charge in [-0.2, -0.15) is 0 Å². The Labute approximate surface area is 108 Å². The molecule has 5 nitrogen and oxygen atoms in total. The highest BCUT2D eigenvalue weighted by Gasteiger charge is 2.20. The lowest BCUT2D eigenvalue weighted by Crippen LogP contribution is -2.45. The number of nitrogens with one attached hydrogen (secondary N) is 1. The molecule has 1 N–H and O–H groups in total. The minimum atomic E-state index is 0.111. The fourth-order valence-electron chi connectivity index (χ4n) is 2.17. The average Bonchev–Trinajstić information content (AvgIpc) is 2.75. The van der Waals surface area contributed by atoms with E-state index < -0.39 is 0 Å². The molecule has 2 rings (SSSR count). The number of rotatable bonds is 4. The van der Waals surface area contributed by atoms with E-state index in [0.717, 1.165) is 25.2 Å². The summed E-state index contributed by atoms with van der Waals surface area (Å²) in [5, 5.41) is 3.11. The van der Waals surface area contributed by atoms with Crippen molar-refractivity contribution in [2.24, 2.45) is 0 Å². The normalized spacial score (nSPS) is 19.1. The first-order valence-corrected chi connectivity index (χ1v) is 6.56. The van der Waals surface area contributed by atoms with Crippen molar-refractivity contribution < 1.29 is 4.79 Å². The molecule has 100 valence electrons. The highest BCUT2D eigenvalue weighted by Crippen LogP contribution is 2.12. The van der Waals surface area contributed by atoms with E-state index in [1.807, 2.05) is 24.3 Å². The number of aromatic nitrogens is 2. The number of likely N-dealkylation sites (N-methyl/N-ethyl adjacent to an activating group) is 1. The van der Waals surface area contributed by atoms with Gasteiger partial charge in [0.15, 0.2) is 0 Å². The Morgan fingerprint density at radius 3 is 3.17 bits per heavy atom. The van der Waals surface area contributed by atoms with Crippen LogP contribution in [0.3, 0.4) is 0 Å². The first-order chi connectivity index (χ1) is 8.56. The zero-order valence-corrected chi connectivity index (χ0v) is 11.4. The fourth-order valence-corrected chi connectivity index (χ4v) is 2.17. The van der Waals surface area contributed by atoms with Crippen LogP contribution in [0.4, 0.5) is 0 Å². The summed E-state index contributed by atoms with van der Waals surface area (Å²) in [7, 11) is 1.97. The van der Waals surface area contributed by atoms with Crippen LogP contribution >= 0.6 is 0 Å². The summed E-state index contributed by atoms with van der Waals surface area (Å²) in [6.07, 6.45) is 5.73.